The Hall–Kier alpha value is -1.69. The first-order valence-electron chi connectivity index (χ1n) is 7.12. The van der Waals surface area contributed by atoms with Crippen molar-refractivity contribution in [1.29, 1.82) is 0 Å². The third-order valence-electron chi connectivity index (χ3n) is 3.45. The van der Waals surface area contributed by atoms with Gasteiger partial charge in [-0.15, -0.1) is 11.8 Å². The number of nitrogens with one attached hydrogen (secondary N) is 1. The average molecular weight is 307 g/mol. The molecule has 3 N–H and O–H groups in total. The van der Waals surface area contributed by atoms with Crippen molar-refractivity contribution in [1.82, 2.24) is 4.90 Å². The Labute approximate surface area is 129 Å². The molecule has 1 fully saturated rings. The molecule has 1 saturated heterocycles. The predicted molar refractivity (Wildman–Crippen MR) is 85.4 cm³/mol. The van der Waals surface area contributed by atoms with Crippen LogP contribution in [0, 0.1) is 5.92 Å². The number of primary amides is 1. The van der Waals surface area contributed by atoms with E-state index >= 15 is 0 Å². The molecule has 1 unspecified atom stereocenters. The minimum Gasteiger partial charge on any atom is -0.370 e. The number of amides is 3. The number of urea groups is 1. The zero-order valence-corrected chi connectivity index (χ0v) is 13.0. The van der Waals surface area contributed by atoms with Crippen molar-refractivity contribution in [2.45, 2.75) is 24.7 Å². The molecule has 1 aliphatic heterocycles. The van der Waals surface area contributed by atoms with Crippen LogP contribution >= 0.6 is 11.8 Å². The van der Waals surface area contributed by atoms with Gasteiger partial charge in [0.05, 0.1) is 5.69 Å². The first-order chi connectivity index (χ1) is 10.1. The number of rotatable bonds is 5. The van der Waals surface area contributed by atoms with Crippen LogP contribution < -0.4 is 11.1 Å². The largest absolute Gasteiger partial charge is 0.370 e. The third kappa shape index (κ3) is 4.67. The van der Waals surface area contributed by atoms with Crippen LogP contribution in [-0.2, 0) is 4.79 Å². The molecule has 0 aromatic heterocycles. The molecule has 1 aromatic carbocycles. The second-order valence-corrected chi connectivity index (χ2v) is 6.47. The summed E-state index contributed by atoms with van der Waals surface area (Å²) in [6.07, 6.45) is 1.39. The summed E-state index contributed by atoms with van der Waals surface area (Å²) in [4.78, 5) is 25.8. The monoisotopic (exact) mass is 307 g/mol. The van der Waals surface area contributed by atoms with Gasteiger partial charge in [-0.25, -0.2) is 4.79 Å². The van der Waals surface area contributed by atoms with Crippen LogP contribution in [0.2, 0.25) is 0 Å². The van der Waals surface area contributed by atoms with Gasteiger partial charge in [-0.2, -0.15) is 0 Å². The van der Waals surface area contributed by atoms with Crippen molar-refractivity contribution < 1.29 is 9.59 Å². The van der Waals surface area contributed by atoms with Gasteiger partial charge in [0.15, 0.2) is 0 Å². The third-order valence-corrected chi connectivity index (χ3v) is 4.52. The van der Waals surface area contributed by atoms with Crippen LogP contribution in [0.15, 0.2) is 29.2 Å². The summed E-state index contributed by atoms with van der Waals surface area (Å²) in [6.45, 7) is 3.77. The molecule has 5 nitrogen and oxygen atoms in total. The number of hydrogen-bond acceptors (Lipinski definition) is 3. The Kier molecular flexibility index (Phi) is 5.50. The SMILES string of the molecule is CC1CCN(C(=O)Nc2ccccc2SCCC(N)=O)C1. The minimum absolute atomic E-state index is 0.0534. The van der Waals surface area contributed by atoms with E-state index in [1.54, 1.807) is 0 Å². The molecule has 1 aliphatic rings. The van der Waals surface area contributed by atoms with Gasteiger partial charge in [-0.3, -0.25) is 4.79 Å². The lowest BCUT2D eigenvalue weighted by Gasteiger charge is -2.18. The van der Waals surface area contributed by atoms with Gasteiger partial charge < -0.3 is 16.0 Å². The van der Waals surface area contributed by atoms with Crippen LogP contribution in [0.5, 0.6) is 0 Å². The molecule has 3 amide bonds. The Morgan fingerprint density at radius 3 is 2.86 bits per heavy atom. The number of carbonyl (C=O) groups excluding carboxylic acids is 2. The summed E-state index contributed by atoms with van der Waals surface area (Å²) in [5.41, 5.74) is 5.93. The Balaban J connectivity index is 1.95. The van der Waals surface area contributed by atoms with Crippen LogP contribution in [0.1, 0.15) is 19.8 Å². The molecule has 0 aliphatic carbocycles. The lowest BCUT2D eigenvalue weighted by atomic mass is 10.2. The van der Waals surface area contributed by atoms with Gasteiger partial charge in [-0.1, -0.05) is 19.1 Å². The quantitative estimate of drug-likeness (QED) is 0.821. The van der Waals surface area contributed by atoms with Gasteiger partial charge in [0, 0.05) is 30.2 Å². The summed E-state index contributed by atoms with van der Waals surface area (Å²) in [7, 11) is 0. The van der Waals surface area contributed by atoms with E-state index in [0.29, 0.717) is 18.1 Å². The number of nitrogens with zero attached hydrogens (tertiary/aromatic N) is 1. The highest BCUT2D eigenvalue weighted by Crippen LogP contribution is 2.28. The Bertz CT molecular complexity index is 521. The van der Waals surface area contributed by atoms with E-state index < -0.39 is 0 Å². The smallest absolute Gasteiger partial charge is 0.321 e. The summed E-state index contributed by atoms with van der Waals surface area (Å²) in [5.74, 6) is 0.870. The number of anilines is 1. The second kappa shape index (κ2) is 7.36. The van der Waals surface area contributed by atoms with E-state index in [4.69, 9.17) is 5.73 Å². The normalized spacial score (nSPS) is 17.8. The summed E-state index contributed by atoms with van der Waals surface area (Å²) in [6, 6.07) is 7.57. The number of likely N-dealkylation sites (tertiary alicyclic amines) is 1. The van der Waals surface area contributed by atoms with Crippen LogP contribution in [0.25, 0.3) is 0 Å². The predicted octanol–water partition coefficient (Wildman–Crippen LogP) is 2.53. The molecule has 1 heterocycles. The van der Waals surface area contributed by atoms with Crippen LogP contribution in [0.4, 0.5) is 10.5 Å². The number of thioether (sulfide) groups is 1. The van der Waals surface area contributed by atoms with E-state index in [2.05, 4.69) is 12.2 Å². The maximum absolute atomic E-state index is 12.2. The van der Waals surface area contributed by atoms with Crippen LogP contribution in [0.3, 0.4) is 0 Å². The van der Waals surface area contributed by atoms with Crippen molar-refractivity contribution in [2.24, 2.45) is 11.7 Å². The van der Waals surface area contributed by atoms with E-state index in [9.17, 15) is 9.59 Å². The highest BCUT2D eigenvalue weighted by molar-refractivity contribution is 7.99. The van der Waals surface area contributed by atoms with Crippen LogP contribution in [-0.4, -0.2) is 35.7 Å². The van der Waals surface area contributed by atoms with E-state index in [1.807, 2.05) is 29.2 Å². The van der Waals surface area contributed by atoms with E-state index in [-0.39, 0.29) is 11.9 Å². The fraction of sp³-hybridized carbons (Fsp3) is 0.467. The van der Waals surface area contributed by atoms with Crippen molar-refractivity contribution in [3.63, 3.8) is 0 Å². The maximum atomic E-state index is 12.2. The zero-order chi connectivity index (χ0) is 15.2. The van der Waals surface area contributed by atoms with E-state index in [0.717, 1.165) is 30.1 Å². The topological polar surface area (TPSA) is 75.4 Å². The molecule has 0 spiro atoms. The highest BCUT2D eigenvalue weighted by atomic mass is 32.2. The van der Waals surface area contributed by atoms with Gasteiger partial charge in [0.1, 0.15) is 0 Å². The van der Waals surface area contributed by atoms with Crippen molar-refractivity contribution >= 4 is 29.4 Å². The highest BCUT2D eigenvalue weighted by Gasteiger charge is 2.23. The average Bonchev–Trinajstić information content (AvgIpc) is 2.87. The zero-order valence-electron chi connectivity index (χ0n) is 12.2. The fourth-order valence-electron chi connectivity index (χ4n) is 2.27. The number of para-hydroxylation sites is 1. The molecule has 2 rings (SSSR count). The first kappa shape index (κ1) is 15.7. The molecule has 21 heavy (non-hydrogen) atoms. The number of benzene rings is 1. The van der Waals surface area contributed by atoms with Crippen molar-refractivity contribution in [3.05, 3.63) is 24.3 Å². The lowest BCUT2D eigenvalue weighted by Crippen LogP contribution is -2.32. The molecule has 0 bridgehead atoms. The van der Waals surface area contributed by atoms with Gasteiger partial charge in [0.25, 0.3) is 0 Å². The number of nitrogens with two attached hydrogens (primary N) is 1. The molecule has 0 saturated carbocycles. The van der Waals surface area contributed by atoms with Gasteiger partial charge in [0.2, 0.25) is 5.91 Å². The molecule has 0 radical (unpaired) electrons. The summed E-state index contributed by atoms with van der Waals surface area (Å²) < 4.78 is 0. The molecular weight excluding hydrogens is 286 g/mol. The summed E-state index contributed by atoms with van der Waals surface area (Å²) >= 11 is 1.53. The molecule has 114 valence electrons. The second-order valence-electron chi connectivity index (χ2n) is 5.33. The molecule has 6 heteroatoms. The fourth-order valence-corrected chi connectivity index (χ4v) is 3.24. The standard InChI is InChI=1S/C15H21N3O2S/c1-11-6-8-18(10-11)15(20)17-12-4-2-3-5-13(12)21-9-7-14(16)19/h2-5,11H,6-10H2,1H3,(H2,16,19)(H,17,20). The number of hydrogen-bond donors (Lipinski definition) is 2. The van der Waals surface area contributed by atoms with Crippen molar-refractivity contribution in [3.8, 4) is 0 Å². The minimum atomic E-state index is -0.310. The Morgan fingerprint density at radius 2 is 2.19 bits per heavy atom. The van der Waals surface area contributed by atoms with E-state index in [1.165, 1.54) is 11.8 Å². The maximum Gasteiger partial charge on any atom is 0.321 e. The molecular formula is C15H21N3O2S. The van der Waals surface area contributed by atoms with Crippen molar-refractivity contribution in [2.75, 3.05) is 24.2 Å². The number of carbonyl (C=O) groups is 2. The molecule has 1 atom stereocenters. The Morgan fingerprint density at radius 1 is 1.43 bits per heavy atom. The van der Waals surface area contributed by atoms with Gasteiger partial charge >= 0.3 is 6.03 Å². The summed E-state index contributed by atoms with van der Waals surface area (Å²) in [5, 5.41) is 2.96. The molecule has 1 aromatic rings. The first-order valence-corrected chi connectivity index (χ1v) is 8.11. The lowest BCUT2D eigenvalue weighted by molar-refractivity contribution is -0.117. The van der Waals surface area contributed by atoms with Gasteiger partial charge in [-0.05, 0) is 24.5 Å².